The maximum atomic E-state index is 14.3. The van der Waals surface area contributed by atoms with E-state index < -0.39 is 0 Å². The van der Waals surface area contributed by atoms with Crippen molar-refractivity contribution in [2.75, 3.05) is 33.4 Å². The van der Waals surface area contributed by atoms with Crippen molar-refractivity contribution in [1.29, 1.82) is 0 Å². The first-order valence-corrected chi connectivity index (χ1v) is 8.98. The predicted molar refractivity (Wildman–Crippen MR) is 98.4 cm³/mol. The molecule has 5 nitrogen and oxygen atoms in total. The van der Waals surface area contributed by atoms with Gasteiger partial charge in [0.1, 0.15) is 11.6 Å². The van der Waals surface area contributed by atoms with Gasteiger partial charge in [-0.25, -0.2) is 4.39 Å². The summed E-state index contributed by atoms with van der Waals surface area (Å²) in [5.74, 6) is 0.284. The van der Waals surface area contributed by atoms with Gasteiger partial charge in [-0.1, -0.05) is 6.07 Å². The smallest absolute Gasteiger partial charge is 0.131 e. The summed E-state index contributed by atoms with van der Waals surface area (Å²) >= 11 is 0. The lowest BCUT2D eigenvalue weighted by molar-refractivity contribution is 0.0493. The van der Waals surface area contributed by atoms with Crippen molar-refractivity contribution >= 4 is 0 Å². The Labute approximate surface area is 154 Å². The van der Waals surface area contributed by atoms with Crippen LogP contribution in [0.2, 0.25) is 0 Å². The Morgan fingerprint density at radius 3 is 2.69 bits per heavy atom. The van der Waals surface area contributed by atoms with Gasteiger partial charge in [0.05, 0.1) is 7.11 Å². The molecule has 0 bridgehead atoms. The summed E-state index contributed by atoms with van der Waals surface area (Å²) in [6.45, 7) is 4.18. The molecule has 1 unspecified atom stereocenters. The summed E-state index contributed by atoms with van der Waals surface area (Å²) in [5, 5.41) is 9.46. The Hall–Kier alpha value is -2.02. The zero-order valence-corrected chi connectivity index (χ0v) is 15.1. The number of nitrogens with zero attached hydrogens (tertiary/aromatic N) is 3. The molecule has 1 aliphatic heterocycles. The van der Waals surface area contributed by atoms with Gasteiger partial charge in [0.15, 0.2) is 0 Å². The summed E-state index contributed by atoms with van der Waals surface area (Å²) in [4.78, 5) is 8.71. The summed E-state index contributed by atoms with van der Waals surface area (Å²) in [6, 6.07) is 9.26. The van der Waals surface area contributed by atoms with Crippen LogP contribution < -0.4 is 4.74 Å². The zero-order valence-electron chi connectivity index (χ0n) is 15.1. The molecule has 2 heterocycles. The number of methoxy groups -OCH3 is 1. The molecule has 1 aromatic heterocycles. The molecule has 0 amide bonds. The monoisotopic (exact) mass is 359 g/mol. The van der Waals surface area contributed by atoms with E-state index in [1.165, 1.54) is 18.7 Å². The van der Waals surface area contributed by atoms with E-state index in [2.05, 4.69) is 14.8 Å². The molecule has 0 spiro atoms. The number of aliphatic hydroxyl groups excluding tert-OH is 1. The molecule has 1 aliphatic rings. The molecule has 6 heteroatoms. The van der Waals surface area contributed by atoms with E-state index in [4.69, 9.17) is 4.74 Å². The summed E-state index contributed by atoms with van der Waals surface area (Å²) < 4.78 is 19.4. The SMILES string of the molecule is COc1ccc(CN2CCN(Cc3ccncc3)CC2CCO)c(F)c1. The molecule has 1 N–H and O–H groups in total. The van der Waals surface area contributed by atoms with Crippen LogP contribution in [0, 0.1) is 5.82 Å². The first kappa shape index (κ1) is 18.8. The van der Waals surface area contributed by atoms with Crippen LogP contribution in [0.15, 0.2) is 42.7 Å². The molecule has 2 aromatic rings. The molecule has 1 atom stereocenters. The van der Waals surface area contributed by atoms with E-state index in [1.807, 2.05) is 24.5 Å². The van der Waals surface area contributed by atoms with Gasteiger partial charge in [-0.05, 0) is 30.2 Å². The number of rotatable bonds is 7. The summed E-state index contributed by atoms with van der Waals surface area (Å²) in [5.41, 5.74) is 1.90. The maximum absolute atomic E-state index is 14.3. The third-order valence-corrected chi connectivity index (χ3v) is 4.94. The van der Waals surface area contributed by atoms with Gasteiger partial charge in [-0.3, -0.25) is 14.8 Å². The Balaban J connectivity index is 1.65. The Bertz CT molecular complexity index is 699. The van der Waals surface area contributed by atoms with Gasteiger partial charge in [0, 0.05) is 69.4 Å². The number of hydrogen-bond donors (Lipinski definition) is 1. The number of aromatic nitrogens is 1. The highest BCUT2D eigenvalue weighted by atomic mass is 19.1. The lowest BCUT2D eigenvalue weighted by Crippen LogP contribution is -2.52. The van der Waals surface area contributed by atoms with E-state index in [0.29, 0.717) is 24.3 Å². The quantitative estimate of drug-likeness (QED) is 0.822. The van der Waals surface area contributed by atoms with E-state index in [0.717, 1.165) is 26.2 Å². The van der Waals surface area contributed by atoms with Crippen molar-refractivity contribution in [3.63, 3.8) is 0 Å². The summed E-state index contributed by atoms with van der Waals surface area (Å²) in [6.07, 6.45) is 4.30. The number of halogens is 1. The highest BCUT2D eigenvalue weighted by molar-refractivity contribution is 5.29. The van der Waals surface area contributed by atoms with Crippen LogP contribution in [0.4, 0.5) is 4.39 Å². The maximum Gasteiger partial charge on any atom is 0.131 e. The predicted octanol–water partition coefficient (Wildman–Crippen LogP) is 2.30. The number of piperazine rings is 1. The van der Waals surface area contributed by atoms with Crippen LogP contribution in [-0.4, -0.2) is 59.3 Å². The normalized spacial score (nSPS) is 18.8. The van der Waals surface area contributed by atoms with Crippen molar-refractivity contribution in [2.24, 2.45) is 0 Å². The van der Waals surface area contributed by atoms with Gasteiger partial charge < -0.3 is 9.84 Å². The fraction of sp³-hybridized carbons (Fsp3) is 0.450. The van der Waals surface area contributed by atoms with Crippen molar-refractivity contribution in [2.45, 2.75) is 25.6 Å². The molecule has 1 saturated heterocycles. The Morgan fingerprint density at radius 2 is 2.00 bits per heavy atom. The fourth-order valence-corrected chi connectivity index (χ4v) is 3.48. The zero-order chi connectivity index (χ0) is 18.4. The Morgan fingerprint density at radius 1 is 1.19 bits per heavy atom. The third kappa shape index (κ3) is 4.78. The third-order valence-electron chi connectivity index (χ3n) is 4.94. The van der Waals surface area contributed by atoms with Crippen molar-refractivity contribution in [3.05, 3.63) is 59.7 Å². The first-order chi connectivity index (χ1) is 12.7. The van der Waals surface area contributed by atoms with Gasteiger partial charge in [-0.2, -0.15) is 0 Å². The van der Waals surface area contributed by atoms with E-state index >= 15 is 0 Å². The molecule has 1 aromatic carbocycles. The molecular weight excluding hydrogens is 333 g/mol. The first-order valence-electron chi connectivity index (χ1n) is 8.98. The minimum absolute atomic E-state index is 0.134. The lowest BCUT2D eigenvalue weighted by Gasteiger charge is -2.41. The molecule has 0 aliphatic carbocycles. The van der Waals surface area contributed by atoms with E-state index in [9.17, 15) is 9.50 Å². The van der Waals surface area contributed by atoms with Gasteiger partial charge in [0.25, 0.3) is 0 Å². The number of hydrogen-bond acceptors (Lipinski definition) is 5. The molecular formula is C20H26FN3O2. The van der Waals surface area contributed by atoms with Crippen molar-refractivity contribution < 1.29 is 14.2 Å². The number of aliphatic hydroxyl groups is 1. The lowest BCUT2D eigenvalue weighted by atomic mass is 10.1. The van der Waals surface area contributed by atoms with Crippen LogP contribution >= 0.6 is 0 Å². The van der Waals surface area contributed by atoms with Crippen LogP contribution in [-0.2, 0) is 13.1 Å². The van der Waals surface area contributed by atoms with Gasteiger partial charge >= 0.3 is 0 Å². The minimum atomic E-state index is -0.244. The molecule has 3 rings (SSSR count). The average molecular weight is 359 g/mol. The molecule has 0 saturated carbocycles. The molecule has 26 heavy (non-hydrogen) atoms. The second-order valence-electron chi connectivity index (χ2n) is 6.68. The van der Waals surface area contributed by atoms with E-state index in [-0.39, 0.29) is 18.5 Å². The van der Waals surface area contributed by atoms with Crippen molar-refractivity contribution in [3.8, 4) is 5.75 Å². The molecule has 0 radical (unpaired) electrons. The standard InChI is InChI=1S/C20H26FN3O2/c1-26-19-3-2-17(20(21)12-19)14-24-10-9-23(15-18(24)6-11-25)13-16-4-7-22-8-5-16/h2-5,7-8,12,18,25H,6,9-11,13-15H2,1H3. The van der Waals surface area contributed by atoms with Gasteiger partial charge in [-0.15, -0.1) is 0 Å². The van der Waals surface area contributed by atoms with Crippen LogP contribution in [0.5, 0.6) is 5.75 Å². The largest absolute Gasteiger partial charge is 0.497 e. The second-order valence-corrected chi connectivity index (χ2v) is 6.68. The highest BCUT2D eigenvalue weighted by Gasteiger charge is 2.27. The van der Waals surface area contributed by atoms with E-state index in [1.54, 1.807) is 12.1 Å². The highest BCUT2D eigenvalue weighted by Crippen LogP contribution is 2.22. The minimum Gasteiger partial charge on any atom is -0.497 e. The number of ether oxygens (including phenoxy) is 1. The second kappa shape index (κ2) is 9.07. The fourth-order valence-electron chi connectivity index (χ4n) is 3.48. The average Bonchev–Trinajstić information content (AvgIpc) is 2.66. The molecule has 140 valence electrons. The summed E-state index contributed by atoms with van der Waals surface area (Å²) in [7, 11) is 1.54. The Kier molecular flexibility index (Phi) is 6.55. The van der Waals surface area contributed by atoms with Crippen molar-refractivity contribution in [1.82, 2.24) is 14.8 Å². The van der Waals surface area contributed by atoms with Gasteiger partial charge in [0.2, 0.25) is 0 Å². The van der Waals surface area contributed by atoms with Crippen LogP contribution in [0.1, 0.15) is 17.5 Å². The number of pyridine rings is 1. The molecule has 1 fully saturated rings. The topological polar surface area (TPSA) is 48.8 Å². The number of benzene rings is 1. The van der Waals surface area contributed by atoms with Crippen LogP contribution in [0.25, 0.3) is 0 Å². The van der Waals surface area contributed by atoms with Crippen LogP contribution in [0.3, 0.4) is 0 Å².